The fourth-order valence-corrected chi connectivity index (χ4v) is 2.73. The second-order valence-corrected chi connectivity index (χ2v) is 7.18. The van der Waals surface area contributed by atoms with E-state index < -0.39 is 0 Å². The highest BCUT2D eigenvalue weighted by atomic mass is 15.0. The third-order valence-electron chi connectivity index (χ3n) is 4.16. The first-order valence-corrected chi connectivity index (χ1v) is 8.32. The molecule has 0 atom stereocenters. The zero-order chi connectivity index (χ0) is 17.2. The van der Waals surface area contributed by atoms with Crippen molar-refractivity contribution in [2.45, 2.75) is 33.1 Å². The van der Waals surface area contributed by atoms with Gasteiger partial charge < -0.3 is 4.57 Å². The van der Waals surface area contributed by atoms with E-state index in [-0.39, 0.29) is 5.41 Å². The zero-order valence-corrected chi connectivity index (χ0v) is 14.8. The maximum Gasteiger partial charge on any atom is 0.0630 e. The van der Waals surface area contributed by atoms with Crippen LogP contribution in [0.1, 0.15) is 37.6 Å². The molecule has 0 spiro atoms. The molecule has 0 saturated carbocycles. The number of hydrogen-bond acceptors (Lipinski definition) is 1. The Balaban J connectivity index is 1.80. The van der Waals surface area contributed by atoms with Crippen LogP contribution < -0.4 is 0 Å². The summed E-state index contributed by atoms with van der Waals surface area (Å²) in [7, 11) is 0. The standard InChI is InChI=1S/C22H24N2/c1-17-14-18(16-24(17)21-8-6-5-7-9-21)15-23-20-12-10-19(11-13-20)22(2,3)4/h5-16H,1-4H3. The summed E-state index contributed by atoms with van der Waals surface area (Å²) >= 11 is 0. The molecule has 0 N–H and O–H groups in total. The maximum atomic E-state index is 4.61. The van der Waals surface area contributed by atoms with Crippen molar-refractivity contribution < 1.29 is 0 Å². The van der Waals surface area contributed by atoms with Gasteiger partial charge in [0.2, 0.25) is 0 Å². The van der Waals surface area contributed by atoms with Crippen LogP contribution in [-0.2, 0) is 5.41 Å². The van der Waals surface area contributed by atoms with Gasteiger partial charge in [0.05, 0.1) is 5.69 Å². The number of benzene rings is 2. The monoisotopic (exact) mass is 316 g/mol. The zero-order valence-electron chi connectivity index (χ0n) is 14.8. The predicted molar refractivity (Wildman–Crippen MR) is 103 cm³/mol. The first-order chi connectivity index (χ1) is 11.4. The van der Waals surface area contributed by atoms with E-state index in [1.165, 1.54) is 16.9 Å². The smallest absolute Gasteiger partial charge is 0.0630 e. The molecule has 2 nitrogen and oxygen atoms in total. The molecule has 3 aromatic rings. The van der Waals surface area contributed by atoms with Gasteiger partial charge in [0.15, 0.2) is 0 Å². The fourth-order valence-electron chi connectivity index (χ4n) is 2.73. The van der Waals surface area contributed by atoms with Crippen LogP contribution in [-0.4, -0.2) is 10.8 Å². The molecule has 0 radical (unpaired) electrons. The Morgan fingerprint density at radius 3 is 2.21 bits per heavy atom. The minimum absolute atomic E-state index is 0.173. The molecule has 24 heavy (non-hydrogen) atoms. The topological polar surface area (TPSA) is 17.3 Å². The molecule has 3 rings (SSSR count). The number of para-hydroxylation sites is 1. The summed E-state index contributed by atoms with van der Waals surface area (Å²) in [6, 6.07) is 21.0. The highest BCUT2D eigenvalue weighted by Gasteiger charge is 2.12. The van der Waals surface area contributed by atoms with Crippen LogP contribution >= 0.6 is 0 Å². The first-order valence-electron chi connectivity index (χ1n) is 8.32. The molecule has 0 unspecified atom stereocenters. The number of aryl methyl sites for hydroxylation is 1. The van der Waals surface area contributed by atoms with Gasteiger partial charge in [0.1, 0.15) is 0 Å². The number of nitrogens with zero attached hydrogens (tertiary/aromatic N) is 2. The summed E-state index contributed by atoms with van der Waals surface area (Å²) < 4.78 is 2.18. The Bertz CT molecular complexity index is 832. The van der Waals surface area contributed by atoms with Crippen molar-refractivity contribution in [3.8, 4) is 5.69 Å². The van der Waals surface area contributed by atoms with E-state index in [1.807, 2.05) is 12.3 Å². The van der Waals surface area contributed by atoms with E-state index in [0.717, 1.165) is 11.3 Å². The molecule has 0 aliphatic rings. The van der Waals surface area contributed by atoms with E-state index in [1.54, 1.807) is 0 Å². The van der Waals surface area contributed by atoms with Crippen molar-refractivity contribution in [3.63, 3.8) is 0 Å². The highest BCUT2D eigenvalue weighted by molar-refractivity contribution is 5.82. The number of aliphatic imine (C=N–C) groups is 1. The maximum absolute atomic E-state index is 4.61. The number of rotatable bonds is 3. The molecular weight excluding hydrogens is 292 g/mol. The second-order valence-electron chi connectivity index (χ2n) is 7.18. The Hall–Kier alpha value is -2.61. The van der Waals surface area contributed by atoms with Crippen LogP contribution in [0.5, 0.6) is 0 Å². The van der Waals surface area contributed by atoms with Crippen molar-refractivity contribution in [1.82, 2.24) is 4.57 Å². The van der Waals surface area contributed by atoms with Gasteiger partial charge in [-0.15, -0.1) is 0 Å². The van der Waals surface area contributed by atoms with Gasteiger partial charge in [-0.2, -0.15) is 0 Å². The molecule has 0 bridgehead atoms. The number of aromatic nitrogens is 1. The summed E-state index contributed by atoms with van der Waals surface area (Å²) in [6.07, 6.45) is 4.05. The Morgan fingerprint density at radius 2 is 1.58 bits per heavy atom. The van der Waals surface area contributed by atoms with E-state index in [9.17, 15) is 0 Å². The number of hydrogen-bond donors (Lipinski definition) is 0. The average molecular weight is 316 g/mol. The molecule has 122 valence electrons. The highest BCUT2D eigenvalue weighted by Crippen LogP contribution is 2.24. The van der Waals surface area contributed by atoms with Crippen molar-refractivity contribution in [2.75, 3.05) is 0 Å². The SMILES string of the molecule is Cc1cc(C=Nc2ccc(C(C)(C)C)cc2)cn1-c1ccccc1. The van der Waals surface area contributed by atoms with Gasteiger partial charge in [0.25, 0.3) is 0 Å². The third-order valence-corrected chi connectivity index (χ3v) is 4.16. The van der Waals surface area contributed by atoms with Gasteiger partial charge in [-0.05, 0) is 48.2 Å². The summed E-state index contributed by atoms with van der Waals surface area (Å²) in [5.41, 5.74) is 5.96. The van der Waals surface area contributed by atoms with Gasteiger partial charge in [-0.25, -0.2) is 0 Å². The lowest BCUT2D eigenvalue weighted by atomic mass is 9.87. The Labute approximate surface area is 144 Å². The normalized spacial score (nSPS) is 12.0. The van der Waals surface area contributed by atoms with Crippen molar-refractivity contribution in [1.29, 1.82) is 0 Å². The van der Waals surface area contributed by atoms with E-state index >= 15 is 0 Å². The Kier molecular flexibility index (Phi) is 4.39. The molecule has 1 aromatic heterocycles. The molecule has 0 aliphatic carbocycles. The average Bonchev–Trinajstić information content (AvgIpc) is 2.94. The van der Waals surface area contributed by atoms with Gasteiger partial charge in [0, 0.05) is 29.4 Å². The van der Waals surface area contributed by atoms with E-state index in [2.05, 4.69) is 98.0 Å². The lowest BCUT2D eigenvalue weighted by molar-refractivity contribution is 0.590. The summed E-state index contributed by atoms with van der Waals surface area (Å²) in [6.45, 7) is 8.78. The summed E-state index contributed by atoms with van der Waals surface area (Å²) in [5, 5.41) is 0. The minimum atomic E-state index is 0.173. The fraction of sp³-hybridized carbons (Fsp3) is 0.227. The minimum Gasteiger partial charge on any atom is -0.321 e. The lowest BCUT2D eigenvalue weighted by Crippen LogP contribution is -2.10. The molecule has 2 aromatic carbocycles. The van der Waals surface area contributed by atoms with Gasteiger partial charge in [-0.1, -0.05) is 51.1 Å². The predicted octanol–water partition coefficient (Wildman–Crippen LogP) is 5.83. The summed E-state index contributed by atoms with van der Waals surface area (Å²) in [5.74, 6) is 0. The molecule has 1 heterocycles. The van der Waals surface area contributed by atoms with Crippen LogP contribution in [0.4, 0.5) is 5.69 Å². The third kappa shape index (κ3) is 3.65. The lowest BCUT2D eigenvalue weighted by Gasteiger charge is -2.18. The van der Waals surface area contributed by atoms with Crippen LogP contribution in [0.2, 0.25) is 0 Å². The molecule has 0 saturated heterocycles. The van der Waals surface area contributed by atoms with Gasteiger partial charge >= 0.3 is 0 Å². The Morgan fingerprint density at radius 1 is 0.917 bits per heavy atom. The van der Waals surface area contributed by atoms with Crippen LogP contribution in [0.3, 0.4) is 0 Å². The molecule has 2 heteroatoms. The molecular formula is C22H24N2. The van der Waals surface area contributed by atoms with E-state index in [0.29, 0.717) is 0 Å². The van der Waals surface area contributed by atoms with Crippen molar-refractivity contribution in [3.05, 3.63) is 83.7 Å². The largest absolute Gasteiger partial charge is 0.321 e. The van der Waals surface area contributed by atoms with Gasteiger partial charge in [-0.3, -0.25) is 4.99 Å². The summed E-state index contributed by atoms with van der Waals surface area (Å²) in [4.78, 5) is 4.61. The second kappa shape index (κ2) is 6.48. The van der Waals surface area contributed by atoms with Crippen LogP contribution in [0.25, 0.3) is 5.69 Å². The van der Waals surface area contributed by atoms with Crippen molar-refractivity contribution >= 4 is 11.9 Å². The van der Waals surface area contributed by atoms with Crippen LogP contribution in [0.15, 0.2) is 71.9 Å². The molecule has 0 fully saturated rings. The molecule has 0 aliphatic heterocycles. The first kappa shape index (κ1) is 16.3. The molecule has 0 amide bonds. The van der Waals surface area contributed by atoms with Crippen molar-refractivity contribution in [2.24, 2.45) is 4.99 Å². The van der Waals surface area contributed by atoms with E-state index in [4.69, 9.17) is 0 Å². The van der Waals surface area contributed by atoms with Crippen LogP contribution in [0, 0.1) is 6.92 Å². The quantitative estimate of drug-likeness (QED) is 0.541.